The van der Waals surface area contributed by atoms with Gasteiger partial charge in [0.05, 0.1) is 18.3 Å². The summed E-state index contributed by atoms with van der Waals surface area (Å²) in [7, 11) is 1.48. The van der Waals surface area contributed by atoms with Crippen molar-refractivity contribution in [2.45, 2.75) is 26.5 Å². The second kappa shape index (κ2) is 10.7. The number of ether oxygens (including phenoxy) is 2. The van der Waals surface area contributed by atoms with E-state index in [-0.39, 0.29) is 12.6 Å². The van der Waals surface area contributed by atoms with E-state index in [0.717, 1.165) is 5.56 Å². The fourth-order valence-electron chi connectivity index (χ4n) is 2.26. The molecule has 9 heteroatoms. The zero-order valence-corrected chi connectivity index (χ0v) is 17.7. The lowest BCUT2D eigenvalue weighted by Gasteiger charge is -2.14. The highest BCUT2D eigenvalue weighted by molar-refractivity contribution is 6.35. The van der Waals surface area contributed by atoms with Crippen molar-refractivity contribution in [3.8, 4) is 11.5 Å². The molecule has 2 N–H and O–H groups in total. The summed E-state index contributed by atoms with van der Waals surface area (Å²) in [5.41, 5.74) is 3.50. The average molecular weight is 438 g/mol. The molecule has 2 amide bonds. The second-order valence-electron chi connectivity index (χ2n) is 6.24. The van der Waals surface area contributed by atoms with E-state index in [0.29, 0.717) is 27.1 Å². The number of rotatable bonds is 7. The molecule has 0 bridgehead atoms. The van der Waals surface area contributed by atoms with Crippen LogP contribution in [0.15, 0.2) is 41.5 Å². The number of hydrogen-bond acceptors (Lipinski definition) is 5. The Labute approximate surface area is 179 Å². The Balaban J connectivity index is 2.08. The Morgan fingerprint density at radius 3 is 2.52 bits per heavy atom. The molecule has 2 rings (SSSR count). The van der Waals surface area contributed by atoms with E-state index in [1.54, 1.807) is 32.0 Å². The number of halogens is 2. The Morgan fingerprint density at radius 2 is 1.86 bits per heavy atom. The summed E-state index contributed by atoms with van der Waals surface area (Å²) in [4.78, 5) is 23.2. The monoisotopic (exact) mass is 437 g/mol. The number of benzene rings is 2. The number of nitrogens with zero attached hydrogens (tertiary/aromatic N) is 1. The molecule has 0 fully saturated rings. The topological polar surface area (TPSA) is 89.0 Å². The highest BCUT2D eigenvalue weighted by Crippen LogP contribution is 2.37. The van der Waals surface area contributed by atoms with Crippen LogP contribution in [-0.2, 0) is 16.2 Å². The summed E-state index contributed by atoms with van der Waals surface area (Å²) in [6.07, 6.45) is 1.34. The van der Waals surface area contributed by atoms with Crippen LogP contribution in [0.5, 0.6) is 11.5 Å². The van der Waals surface area contributed by atoms with E-state index in [9.17, 15) is 9.59 Å². The largest absolute Gasteiger partial charge is 0.493 e. The minimum atomic E-state index is -0.868. The lowest BCUT2D eigenvalue weighted by molar-refractivity contribution is -0.139. The van der Waals surface area contributed by atoms with Gasteiger partial charge in [0.2, 0.25) is 0 Å². The van der Waals surface area contributed by atoms with E-state index in [1.807, 2.05) is 18.2 Å². The Kier molecular flexibility index (Phi) is 8.30. The number of carbonyl (C=O) groups excluding carboxylic acids is 2. The minimum absolute atomic E-state index is 0.154. The van der Waals surface area contributed by atoms with Gasteiger partial charge < -0.3 is 14.8 Å². The molecular weight excluding hydrogens is 417 g/mol. The average Bonchev–Trinajstić information content (AvgIpc) is 2.67. The van der Waals surface area contributed by atoms with Crippen LogP contribution in [0.4, 0.5) is 0 Å². The van der Waals surface area contributed by atoms with Crippen LogP contribution in [-0.4, -0.2) is 31.2 Å². The number of carbonyl (C=O) groups is 2. The lowest BCUT2D eigenvalue weighted by Crippen LogP contribution is -2.41. The fourth-order valence-corrected chi connectivity index (χ4v) is 2.73. The van der Waals surface area contributed by atoms with Crippen LogP contribution in [0, 0.1) is 0 Å². The van der Waals surface area contributed by atoms with Crippen LogP contribution >= 0.6 is 23.2 Å². The van der Waals surface area contributed by atoms with Crippen molar-refractivity contribution in [2.24, 2.45) is 5.10 Å². The highest BCUT2D eigenvalue weighted by Gasteiger charge is 2.14. The van der Waals surface area contributed by atoms with Crippen molar-refractivity contribution in [1.82, 2.24) is 10.7 Å². The van der Waals surface area contributed by atoms with Gasteiger partial charge in [0, 0.05) is 16.6 Å². The number of nitrogens with one attached hydrogen (secondary N) is 2. The Hall–Kier alpha value is -2.77. The van der Waals surface area contributed by atoms with Gasteiger partial charge in [-0.2, -0.15) is 5.10 Å². The normalized spacial score (nSPS) is 10.8. The second-order valence-corrected chi connectivity index (χ2v) is 7.06. The first-order valence-electron chi connectivity index (χ1n) is 8.69. The van der Waals surface area contributed by atoms with Crippen LogP contribution in [0.3, 0.4) is 0 Å². The van der Waals surface area contributed by atoms with Gasteiger partial charge >= 0.3 is 11.8 Å². The molecule has 0 atom stereocenters. The third-order valence-corrected chi connectivity index (χ3v) is 4.24. The smallest absolute Gasteiger partial charge is 0.329 e. The van der Waals surface area contributed by atoms with Gasteiger partial charge in [0.25, 0.3) is 0 Å². The highest BCUT2D eigenvalue weighted by atomic mass is 35.5. The molecule has 0 radical (unpaired) electrons. The molecule has 0 saturated carbocycles. The summed E-state index contributed by atoms with van der Waals surface area (Å²) in [5, 5.41) is 7.11. The first-order chi connectivity index (χ1) is 13.8. The maximum Gasteiger partial charge on any atom is 0.329 e. The zero-order valence-electron chi connectivity index (χ0n) is 16.2. The van der Waals surface area contributed by atoms with E-state index >= 15 is 0 Å². The lowest BCUT2D eigenvalue weighted by atomic mass is 10.2. The van der Waals surface area contributed by atoms with Crippen molar-refractivity contribution in [3.63, 3.8) is 0 Å². The van der Waals surface area contributed by atoms with Gasteiger partial charge in [0.1, 0.15) is 6.61 Å². The summed E-state index contributed by atoms with van der Waals surface area (Å²) in [5.74, 6) is -0.898. The summed E-state index contributed by atoms with van der Waals surface area (Å²) in [6, 6.07) is 10.4. The maximum absolute atomic E-state index is 11.6. The first kappa shape index (κ1) is 22.5. The van der Waals surface area contributed by atoms with Crippen LogP contribution in [0.25, 0.3) is 0 Å². The van der Waals surface area contributed by atoms with Crippen LogP contribution in [0.1, 0.15) is 25.0 Å². The van der Waals surface area contributed by atoms with E-state index < -0.39 is 11.8 Å². The molecule has 0 spiro atoms. The van der Waals surface area contributed by atoms with E-state index in [2.05, 4.69) is 15.8 Å². The molecule has 7 nitrogen and oxygen atoms in total. The number of methoxy groups -OCH3 is 1. The Morgan fingerprint density at radius 1 is 1.14 bits per heavy atom. The number of hydrogen-bond donors (Lipinski definition) is 2. The molecule has 0 aliphatic heterocycles. The van der Waals surface area contributed by atoms with Gasteiger partial charge in [0.15, 0.2) is 11.5 Å². The van der Waals surface area contributed by atoms with Gasteiger partial charge in [-0.05, 0) is 37.6 Å². The van der Waals surface area contributed by atoms with Crippen molar-refractivity contribution in [3.05, 3.63) is 57.6 Å². The van der Waals surface area contributed by atoms with Crippen molar-refractivity contribution >= 4 is 41.2 Å². The molecule has 0 aliphatic rings. The van der Waals surface area contributed by atoms with Gasteiger partial charge in [-0.3, -0.25) is 9.59 Å². The van der Waals surface area contributed by atoms with Crippen LogP contribution in [0.2, 0.25) is 10.0 Å². The third kappa shape index (κ3) is 6.66. The third-order valence-electron chi connectivity index (χ3n) is 3.59. The molecule has 0 aromatic heterocycles. The standard InChI is InChI=1S/C20H21Cl2N3O4/c1-12(2)24-19(26)20(27)25-23-10-13-8-16(22)18(17(9-13)28-3)29-11-14-6-4-5-7-15(14)21/h4-10,12H,11H2,1-3H3,(H,24,26)(H,25,27)/b23-10-. The van der Waals surface area contributed by atoms with Crippen molar-refractivity contribution < 1.29 is 19.1 Å². The molecule has 0 aliphatic carbocycles. The first-order valence-corrected chi connectivity index (χ1v) is 9.45. The SMILES string of the molecule is COc1cc(/C=N\NC(=O)C(=O)NC(C)C)cc(Cl)c1OCc1ccccc1Cl. The molecule has 0 saturated heterocycles. The molecular formula is C20H21Cl2N3O4. The predicted molar refractivity (Wildman–Crippen MR) is 113 cm³/mol. The zero-order chi connectivity index (χ0) is 21.4. The maximum atomic E-state index is 11.6. The summed E-state index contributed by atoms with van der Waals surface area (Å²) < 4.78 is 11.1. The Bertz CT molecular complexity index is 917. The van der Waals surface area contributed by atoms with Gasteiger partial charge in [-0.15, -0.1) is 0 Å². The molecule has 29 heavy (non-hydrogen) atoms. The number of amides is 2. The molecule has 0 heterocycles. The predicted octanol–water partition coefficient (Wildman–Crippen LogP) is 3.56. The fraction of sp³-hybridized carbons (Fsp3) is 0.250. The molecule has 2 aromatic carbocycles. The van der Waals surface area contributed by atoms with E-state index in [1.165, 1.54) is 13.3 Å². The van der Waals surface area contributed by atoms with E-state index in [4.69, 9.17) is 32.7 Å². The number of hydrazone groups is 1. The van der Waals surface area contributed by atoms with Gasteiger partial charge in [-0.1, -0.05) is 41.4 Å². The molecule has 2 aromatic rings. The van der Waals surface area contributed by atoms with Crippen molar-refractivity contribution in [2.75, 3.05) is 7.11 Å². The summed E-state index contributed by atoms with van der Waals surface area (Å²) in [6.45, 7) is 3.71. The van der Waals surface area contributed by atoms with Crippen LogP contribution < -0.4 is 20.2 Å². The summed E-state index contributed by atoms with van der Waals surface area (Å²) >= 11 is 12.5. The quantitative estimate of drug-likeness (QED) is 0.393. The minimum Gasteiger partial charge on any atom is -0.493 e. The van der Waals surface area contributed by atoms with Gasteiger partial charge in [-0.25, -0.2) is 5.43 Å². The molecule has 0 unspecified atom stereocenters. The molecule has 154 valence electrons. The van der Waals surface area contributed by atoms with Crippen molar-refractivity contribution in [1.29, 1.82) is 0 Å².